The predicted molar refractivity (Wildman–Crippen MR) is 54.8 cm³/mol. The summed E-state index contributed by atoms with van der Waals surface area (Å²) in [7, 11) is 0. The van der Waals surface area contributed by atoms with Crippen LogP contribution in [0.5, 0.6) is 0 Å². The van der Waals surface area contributed by atoms with Crippen LogP contribution in [0.25, 0.3) is 0 Å². The van der Waals surface area contributed by atoms with E-state index in [4.69, 9.17) is 4.74 Å². The van der Waals surface area contributed by atoms with E-state index in [1.807, 2.05) is 13.8 Å². The number of allylic oxidation sites excluding steroid dienone is 1. The van der Waals surface area contributed by atoms with Crippen LogP contribution in [0.2, 0.25) is 0 Å². The molecule has 1 aliphatic heterocycles. The second kappa shape index (κ2) is 2.85. The average molecular weight is 194 g/mol. The van der Waals surface area contributed by atoms with Crippen molar-refractivity contribution in [1.29, 1.82) is 0 Å². The molecule has 1 fully saturated rings. The van der Waals surface area contributed by atoms with E-state index < -0.39 is 0 Å². The summed E-state index contributed by atoms with van der Waals surface area (Å²) in [4.78, 5) is 11.8. The molecule has 2 rings (SSSR count). The minimum atomic E-state index is -0.322. The topological polar surface area (TPSA) is 26.3 Å². The van der Waals surface area contributed by atoms with Crippen LogP contribution in [0.3, 0.4) is 0 Å². The van der Waals surface area contributed by atoms with Crippen molar-refractivity contribution in [2.75, 3.05) is 0 Å². The van der Waals surface area contributed by atoms with Crippen LogP contribution < -0.4 is 0 Å². The van der Waals surface area contributed by atoms with Crippen molar-refractivity contribution >= 4 is 5.78 Å². The lowest BCUT2D eigenvalue weighted by Crippen LogP contribution is -2.53. The first-order chi connectivity index (χ1) is 6.47. The minimum absolute atomic E-state index is 0.0567. The zero-order valence-electron chi connectivity index (χ0n) is 9.17. The normalized spacial score (nSPS) is 40.2. The number of ketones is 1. The Morgan fingerprint density at radius 2 is 2.14 bits per heavy atom. The van der Waals surface area contributed by atoms with Crippen molar-refractivity contribution in [3.05, 3.63) is 12.3 Å². The van der Waals surface area contributed by atoms with E-state index >= 15 is 0 Å². The highest BCUT2D eigenvalue weighted by atomic mass is 16.5. The Hall–Kier alpha value is -0.790. The maximum atomic E-state index is 11.8. The molecule has 14 heavy (non-hydrogen) atoms. The Labute approximate surface area is 85.3 Å². The summed E-state index contributed by atoms with van der Waals surface area (Å²) in [6.45, 7) is 6.25. The lowest BCUT2D eigenvalue weighted by Gasteiger charge is -2.49. The van der Waals surface area contributed by atoms with Crippen LogP contribution in [-0.2, 0) is 9.53 Å². The van der Waals surface area contributed by atoms with Crippen molar-refractivity contribution in [3.63, 3.8) is 0 Å². The second-order valence-corrected chi connectivity index (χ2v) is 5.39. The molecule has 2 aliphatic rings. The zero-order valence-corrected chi connectivity index (χ0v) is 9.17. The molecule has 2 nitrogen and oxygen atoms in total. The Morgan fingerprint density at radius 3 is 2.86 bits per heavy atom. The number of fused-ring (bicyclic) bond motifs is 1. The number of carbonyl (C=O) groups is 1. The molecule has 1 saturated carbocycles. The molecule has 0 N–H and O–H groups in total. The summed E-state index contributed by atoms with van der Waals surface area (Å²) in [5.41, 5.74) is -0.163. The molecule has 0 radical (unpaired) electrons. The van der Waals surface area contributed by atoms with Crippen molar-refractivity contribution in [2.24, 2.45) is 10.8 Å². The molecule has 0 spiro atoms. The molecule has 78 valence electrons. The largest absolute Gasteiger partial charge is 0.497 e. The summed E-state index contributed by atoms with van der Waals surface area (Å²) in [5, 5.41) is 0. The van der Waals surface area contributed by atoms with Crippen molar-refractivity contribution in [1.82, 2.24) is 0 Å². The molecule has 0 aromatic rings. The highest BCUT2D eigenvalue weighted by Gasteiger charge is 2.52. The maximum Gasteiger partial charge on any atom is 0.142 e. The van der Waals surface area contributed by atoms with Crippen LogP contribution in [-0.4, -0.2) is 11.9 Å². The van der Waals surface area contributed by atoms with Gasteiger partial charge in [0.2, 0.25) is 0 Å². The Kier molecular flexibility index (Phi) is 1.98. The first-order valence-corrected chi connectivity index (χ1v) is 5.31. The van der Waals surface area contributed by atoms with Gasteiger partial charge in [0.1, 0.15) is 11.9 Å². The highest BCUT2D eigenvalue weighted by Crippen LogP contribution is 2.49. The van der Waals surface area contributed by atoms with Crippen LogP contribution >= 0.6 is 0 Å². The second-order valence-electron chi connectivity index (χ2n) is 5.39. The standard InChI is InChI=1S/C12H18O2/c1-11(2)9(13)5-7-12(3)6-4-8-14-10(11)12/h4,8,10H,5-7H2,1-3H3. The molecule has 0 aromatic carbocycles. The van der Waals surface area contributed by atoms with Crippen LogP contribution in [0, 0.1) is 10.8 Å². The summed E-state index contributed by atoms with van der Waals surface area (Å²) >= 11 is 0. The van der Waals surface area contributed by atoms with Gasteiger partial charge in [-0.1, -0.05) is 6.92 Å². The van der Waals surface area contributed by atoms with E-state index in [-0.39, 0.29) is 16.9 Å². The Balaban J connectivity index is 2.36. The molecule has 1 aliphatic carbocycles. The summed E-state index contributed by atoms with van der Waals surface area (Å²) in [5.74, 6) is 0.343. The predicted octanol–water partition coefficient (Wildman–Crippen LogP) is 2.68. The third kappa shape index (κ3) is 1.20. The van der Waals surface area contributed by atoms with Gasteiger partial charge in [-0.15, -0.1) is 0 Å². The van der Waals surface area contributed by atoms with Crippen molar-refractivity contribution in [3.8, 4) is 0 Å². The molecule has 0 aromatic heterocycles. The van der Waals surface area contributed by atoms with Crippen molar-refractivity contribution in [2.45, 2.75) is 46.1 Å². The zero-order chi connectivity index (χ0) is 10.4. The Bertz CT molecular complexity index is 291. The third-order valence-corrected chi connectivity index (χ3v) is 3.83. The first kappa shape index (κ1) is 9.75. The van der Waals surface area contributed by atoms with Crippen LogP contribution in [0.1, 0.15) is 40.0 Å². The maximum absolute atomic E-state index is 11.8. The van der Waals surface area contributed by atoms with Crippen LogP contribution in [0.15, 0.2) is 12.3 Å². The van der Waals surface area contributed by atoms with Crippen molar-refractivity contribution < 1.29 is 9.53 Å². The third-order valence-electron chi connectivity index (χ3n) is 3.83. The molecular weight excluding hydrogens is 176 g/mol. The molecule has 2 unspecified atom stereocenters. The summed E-state index contributed by atoms with van der Waals surface area (Å²) in [6.07, 6.45) is 6.59. The Morgan fingerprint density at radius 1 is 1.43 bits per heavy atom. The van der Waals surface area contributed by atoms with Gasteiger partial charge >= 0.3 is 0 Å². The van der Waals surface area contributed by atoms with E-state index in [0.29, 0.717) is 12.2 Å². The number of rotatable bonds is 0. The van der Waals surface area contributed by atoms with E-state index in [2.05, 4.69) is 13.0 Å². The number of ether oxygens (including phenoxy) is 1. The van der Waals surface area contributed by atoms with Gasteiger partial charge in [-0.2, -0.15) is 0 Å². The monoisotopic (exact) mass is 194 g/mol. The van der Waals surface area contributed by atoms with Crippen LogP contribution in [0.4, 0.5) is 0 Å². The van der Waals surface area contributed by atoms with Gasteiger partial charge < -0.3 is 4.74 Å². The van der Waals surface area contributed by atoms with E-state index in [9.17, 15) is 4.79 Å². The molecule has 2 heteroatoms. The van der Waals surface area contributed by atoms with E-state index in [0.717, 1.165) is 12.8 Å². The number of hydrogen-bond acceptors (Lipinski definition) is 2. The fourth-order valence-electron chi connectivity index (χ4n) is 2.86. The van der Waals surface area contributed by atoms with Gasteiger partial charge in [-0.05, 0) is 32.8 Å². The van der Waals surface area contributed by atoms with Gasteiger partial charge in [-0.25, -0.2) is 0 Å². The highest BCUT2D eigenvalue weighted by molar-refractivity contribution is 5.85. The van der Waals surface area contributed by atoms with E-state index in [1.165, 1.54) is 0 Å². The SMILES string of the molecule is CC12CC=COC1C(C)(C)C(=O)CC2. The molecule has 0 bridgehead atoms. The fourth-order valence-corrected chi connectivity index (χ4v) is 2.86. The molecule has 2 atom stereocenters. The smallest absolute Gasteiger partial charge is 0.142 e. The number of Topliss-reactive ketones (excluding diaryl/α,β-unsaturated/α-hetero) is 1. The fraction of sp³-hybridized carbons (Fsp3) is 0.750. The first-order valence-electron chi connectivity index (χ1n) is 5.31. The lowest BCUT2D eigenvalue weighted by molar-refractivity contribution is -0.152. The van der Waals surface area contributed by atoms with Gasteiger partial charge in [0.15, 0.2) is 0 Å². The lowest BCUT2D eigenvalue weighted by atomic mass is 9.59. The summed E-state index contributed by atoms with van der Waals surface area (Å²) < 4.78 is 5.67. The number of hydrogen-bond donors (Lipinski definition) is 0. The average Bonchev–Trinajstić information content (AvgIpc) is 2.13. The van der Waals surface area contributed by atoms with Gasteiger partial charge in [-0.3, -0.25) is 4.79 Å². The van der Waals surface area contributed by atoms with E-state index in [1.54, 1.807) is 6.26 Å². The van der Waals surface area contributed by atoms with Gasteiger partial charge in [0, 0.05) is 11.8 Å². The number of carbonyl (C=O) groups excluding carboxylic acids is 1. The molecule has 1 heterocycles. The summed E-state index contributed by atoms with van der Waals surface area (Å²) in [6, 6.07) is 0. The quantitative estimate of drug-likeness (QED) is 0.592. The van der Waals surface area contributed by atoms with Gasteiger partial charge in [0.25, 0.3) is 0 Å². The molecule has 0 amide bonds. The molecular formula is C12H18O2. The molecule has 0 saturated heterocycles. The van der Waals surface area contributed by atoms with Gasteiger partial charge in [0.05, 0.1) is 11.7 Å². The minimum Gasteiger partial charge on any atom is -0.497 e.